The minimum Gasteiger partial charge on any atom is -0.300 e. The van der Waals surface area contributed by atoms with Gasteiger partial charge in [0.25, 0.3) is 0 Å². The molecule has 1 aliphatic carbocycles. The second-order valence-corrected chi connectivity index (χ2v) is 11.7. The largest absolute Gasteiger partial charge is 0.300 e. The molecule has 7 heteroatoms. The van der Waals surface area contributed by atoms with Crippen LogP contribution in [-0.2, 0) is 19.4 Å². The van der Waals surface area contributed by atoms with Crippen molar-refractivity contribution in [3.8, 4) is 0 Å². The molecule has 5 nitrogen and oxygen atoms in total. The van der Waals surface area contributed by atoms with Crippen LogP contribution < -0.4 is 5.43 Å². The van der Waals surface area contributed by atoms with E-state index in [1.165, 1.54) is 4.88 Å². The number of imidazole rings is 1. The number of hydrogen-bond donors (Lipinski definition) is 0. The van der Waals surface area contributed by atoms with Gasteiger partial charge in [0, 0.05) is 16.2 Å². The van der Waals surface area contributed by atoms with E-state index < -0.39 is 0 Å². The molecule has 166 valence electrons. The normalized spacial score (nSPS) is 16.5. The third kappa shape index (κ3) is 3.61. The predicted molar refractivity (Wildman–Crippen MR) is 134 cm³/mol. The Morgan fingerprint density at radius 1 is 1.25 bits per heavy atom. The monoisotopic (exact) mass is 464 g/mol. The zero-order valence-corrected chi connectivity index (χ0v) is 20.4. The third-order valence-electron chi connectivity index (χ3n) is 6.49. The van der Waals surface area contributed by atoms with Crippen LogP contribution in [-0.4, -0.2) is 24.9 Å². The van der Waals surface area contributed by atoms with E-state index in [0.29, 0.717) is 12.5 Å². The van der Waals surface area contributed by atoms with E-state index in [-0.39, 0.29) is 10.8 Å². The van der Waals surface area contributed by atoms with Gasteiger partial charge in [-0.1, -0.05) is 68.9 Å². The van der Waals surface area contributed by atoms with Gasteiger partial charge in [0.05, 0.1) is 6.54 Å². The first-order valence-corrected chi connectivity index (χ1v) is 12.9. The average Bonchev–Trinajstić information content (AvgIpc) is 3.32. The molecular formula is C25H28N4OS2. The minimum absolute atomic E-state index is 0.169. The Labute approximate surface area is 196 Å². The smallest absolute Gasteiger partial charge is 0.238 e. The number of rotatable bonds is 5. The summed E-state index contributed by atoms with van der Waals surface area (Å²) >= 11 is 3.36. The van der Waals surface area contributed by atoms with Gasteiger partial charge in [0.1, 0.15) is 10.3 Å². The lowest BCUT2D eigenvalue weighted by molar-refractivity contribution is 0.217. The lowest BCUT2D eigenvalue weighted by Crippen LogP contribution is -2.29. The van der Waals surface area contributed by atoms with Crippen LogP contribution in [0.3, 0.4) is 0 Å². The van der Waals surface area contributed by atoms with Gasteiger partial charge in [-0.15, -0.1) is 28.1 Å². The Morgan fingerprint density at radius 3 is 2.75 bits per heavy atom. The highest BCUT2D eigenvalue weighted by atomic mass is 32.2. The van der Waals surface area contributed by atoms with E-state index in [2.05, 4.69) is 58.6 Å². The topological polar surface area (TPSA) is 52.2 Å². The van der Waals surface area contributed by atoms with Crippen LogP contribution in [0.5, 0.6) is 0 Å². The zero-order valence-electron chi connectivity index (χ0n) is 18.8. The van der Waals surface area contributed by atoms with Crippen molar-refractivity contribution in [1.82, 2.24) is 19.2 Å². The van der Waals surface area contributed by atoms with Gasteiger partial charge in [-0.25, -0.2) is 4.40 Å². The maximum Gasteiger partial charge on any atom is 0.238 e. The maximum atomic E-state index is 13.8. The molecular weight excluding hydrogens is 436 g/mol. The molecule has 1 aromatic carbocycles. The summed E-state index contributed by atoms with van der Waals surface area (Å²) in [6, 6.07) is 10.3. The van der Waals surface area contributed by atoms with Crippen molar-refractivity contribution in [1.29, 1.82) is 0 Å². The van der Waals surface area contributed by atoms with Crippen LogP contribution in [0.4, 0.5) is 0 Å². The zero-order chi connectivity index (χ0) is 22.5. The molecule has 0 fully saturated rings. The summed E-state index contributed by atoms with van der Waals surface area (Å²) in [5, 5.41) is 9.78. The molecule has 0 spiro atoms. The van der Waals surface area contributed by atoms with Crippen LogP contribution in [0.1, 0.15) is 43.2 Å². The van der Waals surface area contributed by atoms with E-state index in [0.717, 1.165) is 57.4 Å². The summed E-state index contributed by atoms with van der Waals surface area (Å²) in [6.45, 7) is 11.4. The number of aromatic nitrogens is 4. The highest BCUT2D eigenvalue weighted by molar-refractivity contribution is 7.99. The molecule has 4 aromatic rings. The molecule has 0 radical (unpaired) electrons. The fraction of sp³-hybridized carbons (Fsp3) is 0.400. The SMILES string of the molecule is C=CCSc1nnc2n(Cc3ccccc3)c3c(=O)c4c(sc3n12)CC(C(C)(C)C)CC4. The van der Waals surface area contributed by atoms with Crippen LogP contribution in [0, 0.1) is 11.3 Å². The number of benzene rings is 1. The van der Waals surface area contributed by atoms with E-state index in [4.69, 9.17) is 0 Å². The van der Waals surface area contributed by atoms with E-state index in [9.17, 15) is 4.79 Å². The van der Waals surface area contributed by atoms with Crippen molar-refractivity contribution >= 4 is 39.2 Å². The van der Waals surface area contributed by atoms with E-state index >= 15 is 0 Å². The predicted octanol–water partition coefficient (Wildman–Crippen LogP) is 5.58. The van der Waals surface area contributed by atoms with Crippen molar-refractivity contribution in [3.63, 3.8) is 0 Å². The van der Waals surface area contributed by atoms with Crippen LogP contribution in [0.25, 0.3) is 16.1 Å². The lowest BCUT2D eigenvalue weighted by atomic mass is 9.72. The van der Waals surface area contributed by atoms with Crippen molar-refractivity contribution in [2.75, 3.05) is 5.75 Å². The Balaban J connectivity index is 1.75. The Morgan fingerprint density at radius 2 is 2.03 bits per heavy atom. The first-order chi connectivity index (χ1) is 15.4. The van der Waals surface area contributed by atoms with Gasteiger partial charge < -0.3 is 0 Å². The molecule has 32 heavy (non-hydrogen) atoms. The second-order valence-electron chi connectivity index (χ2n) is 9.58. The fourth-order valence-electron chi connectivity index (χ4n) is 4.64. The summed E-state index contributed by atoms with van der Waals surface area (Å²) in [5.41, 5.74) is 3.31. The van der Waals surface area contributed by atoms with E-state index in [1.807, 2.05) is 24.3 Å². The molecule has 0 amide bonds. The number of nitrogens with zero attached hydrogens (tertiary/aromatic N) is 4. The van der Waals surface area contributed by atoms with Crippen molar-refractivity contribution in [3.05, 3.63) is 69.2 Å². The molecule has 0 bridgehead atoms. The first kappa shape index (κ1) is 21.5. The quantitative estimate of drug-likeness (QED) is 0.286. The molecule has 1 atom stereocenters. The fourth-order valence-corrected chi connectivity index (χ4v) is 6.76. The summed E-state index contributed by atoms with van der Waals surface area (Å²) in [5.74, 6) is 2.07. The standard InChI is InChI=1S/C25H28N4OS2/c1-5-13-31-24-27-26-23-28(15-16-9-7-6-8-10-16)20-21(30)18-12-11-17(25(2,3)4)14-19(18)32-22(20)29(23)24/h5-10,17H,1,11-15H2,2-4H3. The highest BCUT2D eigenvalue weighted by Crippen LogP contribution is 2.40. The molecule has 5 rings (SSSR count). The van der Waals surface area contributed by atoms with Crippen LogP contribution >= 0.6 is 23.1 Å². The van der Waals surface area contributed by atoms with Crippen molar-refractivity contribution in [2.24, 2.45) is 11.3 Å². The molecule has 3 aromatic heterocycles. The summed E-state index contributed by atoms with van der Waals surface area (Å²) in [4.78, 5) is 16.0. The molecule has 1 unspecified atom stereocenters. The molecule has 3 heterocycles. The average molecular weight is 465 g/mol. The Hall–Kier alpha value is -2.38. The molecule has 0 N–H and O–H groups in total. The van der Waals surface area contributed by atoms with Gasteiger partial charge in [-0.05, 0) is 36.2 Å². The maximum absolute atomic E-state index is 13.8. The summed E-state index contributed by atoms with van der Waals surface area (Å²) < 4.78 is 4.14. The minimum atomic E-state index is 0.169. The van der Waals surface area contributed by atoms with Gasteiger partial charge in [0.2, 0.25) is 11.2 Å². The molecule has 0 saturated carbocycles. The second kappa shape index (κ2) is 8.19. The third-order valence-corrected chi connectivity index (χ3v) is 8.65. The number of hydrogen-bond acceptors (Lipinski definition) is 5. The van der Waals surface area contributed by atoms with Crippen molar-refractivity contribution in [2.45, 2.75) is 51.7 Å². The van der Waals surface area contributed by atoms with Gasteiger partial charge in [-0.2, -0.15) is 0 Å². The van der Waals surface area contributed by atoms with Crippen LogP contribution in [0.15, 0.2) is 52.9 Å². The van der Waals surface area contributed by atoms with Crippen LogP contribution in [0.2, 0.25) is 0 Å². The molecule has 0 saturated heterocycles. The Bertz CT molecular complexity index is 1360. The first-order valence-electron chi connectivity index (χ1n) is 11.1. The molecule has 1 aliphatic rings. The van der Waals surface area contributed by atoms with Crippen molar-refractivity contribution < 1.29 is 0 Å². The van der Waals surface area contributed by atoms with Gasteiger partial charge in [-0.3, -0.25) is 9.36 Å². The lowest BCUT2D eigenvalue weighted by Gasteiger charge is -2.34. The summed E-state index contributed by atoms with van der Waals surface area (Å²) in [6.07, 6.45) is 4.77. The number of fused-ring (bicyclic) bond motifs is 4. The van der Waals surface area contributed by atoms with Gasteiger partial charge >= 0.3 is 0 Å². The Kier molecular flexibility index (Phi) is 5.50. The number of thioether (sulfide) groups is 1. The summed E-state index contributed by atoms with van der Waals surface area (Å²) in [7, 11) is 0. The van der Waals surface area contributed by atoms with Gasteiger partial charge in [0.15, 0.2) is 5.16 Å². The highest BCUT2D eigenvalue weighted by Gasteiger charge is 2.32. The molecule has 0 aliphatic heterocycles. The van der Waals surface area contributed by atoms with E-state index in [1.54, 1.807) is 23.1 Å².